The molecule has 1 unspecified atom stereocenters. The second kappa shape index (κ2) is 7.41. The van der Waals surface area contributed by atoms with Crippen molar-refractivity contribution in [3.63, 3.8) is 0 Å². The Morgan fingerprint density at radius 2 is 1.95 bits per heavy atom. The minimum Gasteiger partial charge on any atom is -0.388 e. The van der Waals surface area contributed by atoms with Gasteiger partial charge in [-0.25, -0.2) is 0 Å². The van der Waals surface area contributed by atoms with Crippen LogP contribution >= 0.6 is 0 Å². The summed E-state index contributed by atoms with van der Waals surface area (Å²) in [6, 6.07) is 7.55. The molecule has 2 N–H and O–H groups in total. The fourth-order valence-electron chi connectivity index (χ4n) is 1.80. The Kier molecular flexibility index (Phi) is 6.17. The number of ether oxygens (including phenoxy) is 1. The Morgan fingerprint density at radius 1 is 1.35 bits per heavy atom. The van der Waals surface area contributed by atoms with Gasteiger partial charge in [-0.3, -0.25) is 4.79 Å². The fraction of sp³-hybridized carbons (Fsp3) is 0.562. The molecule has 0 spiro atoms. The van der Waals surface area contributed by atoms with E-state index in [0.29, 0.717) is 24.5 Å². The molecule has 0 aromatic heterocycles. The summed E-state index contributed by atoms with van der Waals surface area (Å²) < 4.78 is 4.93. The summed E-state index contributed by atoms with van der Waals surface area (Å²) >= 11 is 0. The molecule has 1 atom stereocenters. The molecule has 1 aromatic rings. The van der Waals surface area contributed by atoms with Gasteiger partial charge in [-0.2, -0.15) is 0 Å². The Bertz CT molecular complexity index is 424. The lowest BCUT2D eigenvalue weighted by atomic mass is 10.0. The summed E-state index contributed by atoms with van der Waals surface area (Å²) in [4.78, 5) is 12.0. The first-order valence-electron chi connectivity index (χ1n) is 6.95. The zero-order chi connectivity index (χ0) is 15.2. The molecule has 20 heavy (non-hydrogen) atoms. The van der Waals surface area contributed by atoms with Gasteiger partial charge in [-0.15, -0.1) is 0 Å². The summed E-state index contributed by atoms with van der Waals surface area (Å²) in [5.41, 5.74) is 0.856. The normalized spacial score (nSPS) is 14.1. The Labute approximate surface area is 121 Å². The second-order valence-corrected chi connectivity index (χ2v) is 5.70. The van der Waals surface area contributed by atoms with Gasteiger partial charge in [-0.05, 0) is 30.5 Å². The Hall–Kier alpha value is -1.39. The highest BCUT2D eigenvalue weighted by molar-refractivity contribution is 5.94. The Balaban J connectivity index is 2.54. The maximum absolute atomic E-state index is 12.0. The van der Waals surface area contributed by atoms with Crippen LogP contribution in [0.3, 0.4) is 0 Å². The van der Waals surface area contributed by atoms with Crippen LogP contribution in [0.15, 0.2) is 24.3 Å². The van der Waals surface area contributed by atoms with E-state index >= 15 is 0 Å². The van der Waals surface area contributed by atoms with Crippen LogP contribution in [0.5, 0.6) is 0 Å². The molecule has 1 rings (SSSR count). The molecule has 0 saturated heterocycles. The number of nitrogens with one attached hydrogen (secondary N) is 1. The van der Waals surface area contributed by atoms with Crippen LogP contribution < -0.4 is 5.32 Å². The van der Waals surface area contributed by atoms with Crippen molar-refractivity contribution in [2.24, 2.45) is 0 Å². The molecular formula is C16H25NO3. The smallest absolute Gasteiger partial charge is 0.251 e. The summed E-state index contributed by atoms with van der Waals surface area (Å²) in [6.45, 7) is 6.59. The SMILES string of the molecule is COCCC(C)(O)CNC(=O)c1ccc(C(C)C)cc1. The predicted octanol–water partition coefficient (Wildman–Crippen LogP) is 2.33. The van der Waals surface area contributed by atoms with Crippen LogP contribution in [0.2, 0.25) is 0 Å². The van der Waals surface area contributed by atoms with Crippen LogP contribution in [0.4, 0.5) is 0 Å². The zero-order valence-corrected chi connectivity index (χ0v) is 12.8. The predicted molar refractivity (Wildman–Crippen MR) is 80.0 cm³/mol. The highest BCUT2D eigenvalue weighted by Crippen LogP contribution is 2.15. The van der Waals surface area contributed by atoms with E-state index in [1.807, 2.05) is 24.3 Å². The van der Waals surface area contributed by atoms with Crippen LogP contribution in [-0.2, 0) is 4.74 Å². The number of carbonyl (C=O) groups is 1. The van der Waals surface area contributed by atoms with E-state index in [1.165, 1.54) is 5.56 Å². The number of hydrogen-bond donors (Lipinski definition) is 2. The van der Waals surface area contributed by atoms with Gasteiger partial charge in [0.25, 0.3) is 5.91 Å². The lowest BCUT2D eigenvalue weighted by Gasteiger charge is -2.23. The molecule has 112 valence electrons. The number of benzene rings is 1. The first-order valence-corrected chi connectivity index (χ1v) is 6.95. The van der Waals surface area contributed by atoms with Crippen LogP contribution in [0.1, 0.15) is 49.0 Å². The second-order valence-electron chi connectivity index (χ2n) is 5.70. The largest absolute Gasteiger partial charge is 0.388 e. The molecule has 0 radical (unpaired) electrons. The maximum Gasteiger partial charge on any atom is 0.251 e. The monoisotopic (exact) mass is 279 g/mol. The highest BCUT2D eigenvalue weighted by atomic mass is 16.5. The molecule has 0 fully saturated rings. The Morgan fingerprint density at radius 3 is 2.45 bits per heavy atom. The van der Waals surface area contributed by atoms with Crippen LogP contribution in [-0.4, -0.2) is 36.9 Å². The average molecular weight is 279 g/mol. The number of aliphatic hydroxyl groups is 1. The minimum absolute atomic E-state index is 0.169. The van der Waals surface area contributed by atoms with E-state index in [4.69, 9.17) is 4.74 Å². The van der Waals surface area contributed by atoms with E-state index < -0.39 is 5.60 Å². The van der Waals surface area contributed by atoms with Gasteiger partial charge in [0.05, 0.1) is 5.60 Å². The quantitative estimate of drug-likeness (QED) is 0.805. The summed E-state index contributed by atoms with van der Waals surface area (Å²) in [5, 5.41) is 12.8. The molecule has 4 heteroatoms. The number of methoxy groups -OCH3 is 1. The molecule has 0 saturated carbocycles. The molecule has 0 aliphatic rings. The van der Waals surface area contributed by atoms with Crippen LogP contribution in [0, 0.1) is 0 Å². The molecule has 0 bridgehead atoms. The molecule has 4 nitrogen and oxygen atoms in total. The van der Waals surface area contributed by atoms with Crippen molar-refractivity contribution < 1.29 is 14.6 Å². The van der Waals surface area contributed by atoms with E-state index in [2.05, 4.69) is 19.2 Å². The molecule has 0 aliphatic carbocycles. The van der Waals surface area contributed by atoms with E-state index in [0.717, 1.165) is 0 Å². The average Bonchev–Trinajstić information content (AvgIpc) is 2.43. The van der Waals surface area contributed by atoms with E-state index in [1.54, 1.807) is 14.0 Å². The summed E-state index contributed by atoms with van der Waals surface area (Å²) in [5.74, 6) is 0.278. The molecule has 1 aromatic carbocycles. The first-order chi connectivity index (χ1) is 9.35. The lowest BCUT2D eigenvalue weighted by Crippen LogP contribution is -2.41. The third kappa shape index (κ3) is 5.31. The third-order valence-electron chi connectivity index (χ3n) is 3.31. The number of amides is 1. The number of carbonyl (C=O) groups excluding carboxylic acids is 1. The van der Waals surface area contributed by atoms with Crippen molar-refractivity contribution >= 4 is 5.91 Å². The molecule has 1 amide bonds. The van der Waals surface area contributed by atoms with Crippen molar-refractivity contribution in [1.82, 2.24) is 5.32 Å². The first kappa shape index (κ1) is 16.7. The van der Waals surface area contributed by atoms with Crippen molar-refractivity contribution in [3.05, 3.63) is 35.4 Å². The highest BCUT2D eigenvalue weighted by Gasteiger charge is 2.21. The lowest BCUT2D eigenvalue weighted by molar-refractivity contribution is 0.0243. The van der Waals surface area contributed by atoms with Crippen LogP contribution in [0.25, 0.3) is 0 Å². The van der Waals surface area contributed by atoms with Crippen molar-refractivity contribution in [2.45, 2.75) is 38.7 Å². The summed E-state index contributed by atoms with van der Waals surface area (Å²) in [7, 11) is 1.59. The summed E-state index contributed by atoms with van der Waals surface area (Å²) in [6.07, 6.45) is 0.482. The van der Waals surface area contributed by atoms with Gasteiger partial charge >= 0.3 is 0 Å². The fourth-order valence-corrected chi connectivity index (χ4v) is 1.80. The minimum atomic E-state index is -0.955. The number of hydrogen-bond acceptors (Lipinski definition) is 3. The third-order valence-corrected chi connectivity index (χ3v) is 3.31. The maximum atomic E-state index is 12.0. The van der Waals surface area contributed by atoms with Gasteiger partial charge in [0.15, 0.2) is 0 Å². The van der Waals surface area contributed by atoms with E-state index in [9.17, 15) is 9.90 Å². The standard InChI is InChI=1S/C16H25NO3/c1-12(2)13-5-7-14(8-6-13)15(18)17-11-16(3,19)9-10-20-4/h5-8,12,19H,9-11H2,1-4H3,(H,17,18). The van der Waals surface area contributed by atoms with Crippen molar-refractivity contribution in [2.75, 3.05) is 20.3 Å². The van der Waals surface area contributed by atoms with Gasteiger partial charge in [0.2, 0.25) is 0 Å². The molecule has 0 aliphatic heterocycles. The van der Waals surface area contributed by atoms with Gasteiger partial charge in [0.1, 0.15) is 0 Å². The van der Waals surface area contributed by atoms with Crippen molar-refractivity contribution in [3.8, 4) is 0 Å². The van der Waals surface area contributed by atoms with E-state index in [-0.39, 0.29) is 12.5 Å². The molecule has 0 heterocycles. The number of rotatable bonds is 7. The van der Waals surface area contributed by atoms with Gasteiger partial charge in [0, 0.05) is 32.2 Å². The zero-order valence-electron chi connectivity index (χ0n) is 12.8. The molecular weight excluding hydrogens is 254 g/mol. The van der Waals surface area contributed by atoms with Crippen molar-refractivity contribution in [1.29, 1.82) is 0 Å². The topological polar surface area (TPSA) is 58.6 Å². The van der Waals surface area contributed by atoms with Gasteiger partial charge in [-0.1, -0.05) is 26.0 Å². The van der Waals surface area contributed by atoms with Gasteiger partial charge < -0.3 is 15.2 Å².